The normalized spacial score (nSPS) is 16.6. The zero-order valence-corrected chi connectivity index (χ0v) is 21.7. The van der Waals surface area contributed by atoms with Crippen LogP contribution in [-0.2, 0) is 16.1 Å². The summed E-state index contributed by atoms with van der Waals surface area (Å²) >= 11 is 1.49. The Kier molecular flexibility index (Phi) is 7.52. The van der Waals surface area contributed by atoms with E-state index in [0.717, 1.165) is 27.3 Å². The summed E-state index contributed by atoms with van der Waals surface area (Å²) in [7, 11) is 1.51. The molecule has 5 rings (SSSR count). The van der Waals surface area contributed by atoms with E-state index in [1.807, 2.05) is 48.5 Å². The van der Waals surface area contributed by atoms with Crippen LogP contribution in [0.25, 0.3) is 11.1 Å². The number of hydrogen-bond donors (Lipinski definition) is 3. The van der Waals surface area contributed by atoms with Gasteiger partial charge in [-0.15, -0.1) is 11.8 Å². The number of fused-ring (bicyclic) bond motifs is 1. The van der Waals surface area contributed by atoms with Crippen molar-refractivity contribution in [3.05, 3.63) is 71.8 Å². The van der Waals surface area contributed by atoms with E-state index >= 15 is 0 Å². The Bertz CT molecular complexity index is 1400. The number of primary amides is 1. The van der Waals surface area contributed by atoms with Gasteiger partial charge in [0.1, 0.15) is 11.9 Å². The number of nitrogens with two attached hydrogens (primary N) is 1. The fourth-order valence-electron chi connectivity index (χ4n) is 4.55. The van der Waals surface area contributed by atoms with Gasteiger partial charge in [-0.05, 0) is 66.1 Å². The van der Waals surface area contributed by atoms with Gasteiger partial charge < -0.3 is 25.8 Å². The number of rotatable bonds is 9. The summed E-state index contributed by atoms with van der Waals surface area (Å²) in [6, 6.07) is 19.1. The second-order valence-electron chi connectivity index (χ2n) is 9.08. The molecule has 38 heavy (non-hydrogen) atoms. The van der Waals surface area contributed by atoms with E-state index in [1.165, 1.54) is 18.9 Å². The summed E-state index contributed by atoms with van der Waals surface area (Å²) < 4.78 is 10.9. The van der Waals surface area contributed by atoms with Gasteiger partial charge in [-0.3, -0.25) is 14.5 Å². The first-order valence-corrected chi connectivity index (χ1v) is 13.2. The second-order valence-corrected chi connectivity index (χ2v) is 10.1. The van der Waals surface area contributed by atoms with Gasteiger partial charge in [0.15, 0.2) is 0 Å². The lowest BCUT2D eigenvalue weighted by Crippen LogP contribution is -2.26. The average Bonchev–Trinajstić information content (AvgIpc) is 3.30. The van der Waals surface area contributed by atoms with E-state index in [9.17, 15) is 14.4 Å². The Labute approximate surface area is 224 Å². The van der Waals surface area contributed by atoms with Gasteiger partial charge in [-0.1, -0.05) is 24.3 Å². The van der Waals surface area contributed by atoms with Gasteiger partial charge in [-0.25, -0.2) is 4.79 Å². The smallest absolute Gasteiger partial charge is 0.414 e. The van der Waals surface area contributed by atoms with E-state index in [1.54, 1.807) is 11.0 Å². The maximum absolute atomic E-state index is 12.5. The Hall–Kier alpha value is -4.02. The number of amides is 3. The molecule has 0 radical (unpaired) electrons. The topological polar surface area (TPSA) is 123 Å². The first-order valence-electron chi connectivity index (χ1n) is 12.2. The number of thioether (sulfide) groups is 1. The van der Waals surface area contributed by atoms with Gasteiger partial charge in [0.25, 0.3) is 5.91 Å². The Morgan fingerprint density at radius 3 is 2.82 bits per heavy atom. The summed E-state index contributed by atoms with van der Waals surface area (Å²) in [6.07, 6.45) is 0.0680. The van der Waals surface area contributed by atoms with E-state index in [2.05, 4.69) is 16.7 Å². The standard InChI is InChI=1S/C28H28N4O5S/c1-36-24-12-19(5-7-22(24)27(29)34)18-4-2-3-17(11-18)14-30-10-9-21-15-32(28(35)37-21)20-6-8-25-23(13-20)31-26(33)16-38-25/h2-8,11-13,21,30H,9-10,14-16H2,1H3,(H2,29,34)(H,31,33)/t21-/m1/s1. The summed E-state index contributed by atoms with van der Waals surface area (Å²) in [5.74, 6) is 0.269. The van der Waals surface area contributed by atoms with Crippen molar-refractivity contribution in [2.75, 3.05) is 36.2 Å². The molecule has 2 heterocycles. The van der Waals surface area contributed by atoms with Crippen LogP contribution in [0, 0.1) is 0 Å². The second kappa shape index (κ2) is 11.2. The number of methoxy groups -OCH3 is 1. The molecule has 3 aromatic rings. The molecule has 4 N–H and O–H groups in total. The molecule has 0 bridgehead atoms. The predicted molar refractivity (Wildman–Crippen MR) is 147 cm³/mol. The van der Waals surface area contributed by atoms with Gasteiger partial charge in [-0.2, -0.15) is 0 Å². The fraction of sp³-hybridized carbons (Fsp3) is 0.250. The van der Waals surface area contributed by atoms with Gasteiger partial charge in [0, 0.05) is 17.1 Å². The van der Waals surface area contributed by atoms with Gasteiger partial charge in [0.05, 0.1) is 30.7 Å². The zero-order valence-electron chi connectivity index (χ0n) is 20.9. The molecule has 0 saturated carbocycles. The molecule has 2 aliphatic heterocycles. The van der Waals surface area contributed by atoms with Crippen molar-refractivity contribution in [3.8, 4) is 16.9 Å². The highest BCUT2D eigenvalue weighted by Crippen LogP contribution is 2.35. The molecular weight excluding hydrogens is 504 g/mol. The van der Waals surface area contributed by atoms with Crippen molar-refractivity contribution in [1.29, 1.82) is 0 Å². The molecule has 0 spiro atoms. The number of cyclic esters (lactones) is 1. The Balaban J connectivity index is 1.14. The van der Waals surface area contributed by atoms with Crippen molar-refractivity contribution in [2.45, 2.75) is 24.0 Å². The number of carbonyl (C=O) groups is 3. The largest absolute Gasteiger partial charge is 0.496 e. The number of nitrogens with one attached hydrogen (secondary N) is 2. The van der Waals surface area contributed by atoms with Crippen molar-refractivity contribution in [2.24, 2.45) is 5.73 Å². The van der Waals surface area contributed by atoms with Crippen LogP contribution in [0.15, 0.2) is 65.6 Å². The number of nitrogens with zero attached hydrogens (tertiary/aromatic N) is 1. The number of anilines is 2. The molecule has 1 atom stereocenters. The third kappa shape index (κ3) is 5.61. The Morgan fingerprint density at radius 2 is 2.00 bits per heavy atom. The quantitative estimate of drug-likeness (QED) is 0.356. The summed E-state index contributed by atoms with van der Waals surface area (Å²) in [6.45, 7) is 1.78. The third-order valence-corrected chi connectivity index (χ3v) is 7.55. The van der Waals surface area contributed by atoms with Crippen molar-refractivity contribution < 1.29 is 23.9 Å². The van der Waals surface area contributed by atoms with E-state index in [4.69, 9.17) is 15.2 Å². The minimum atomic E-state index is -0.530. The lowest BCUT2D eigenvalue weighted by atomic mass is 10.0. The fourth-order valence-corrected chi connectivity index (χ4v) is 5.34. The van der Waals surface area contributed by atoms with Gasteiger partial charge >= 0.3 is 6.09 Å². The van der Waals surface area contributed by atoms with E-state index in [0.29, 0.717) is 48.8 Å². The molecule has 9 nitrogen and oxygen atoms in total. The number of benzene rings is 3. The monoisotopic (exact) mass is 532 g/mol. The SMILES string of the molecule is COc1cc(-c2cccc(CNCC[C@@H]3CN(c4ccc5c(c4)NC(=O)CS5)C(=O)O3)c2)ccc1C(N)=O. The number of ether oxygens (including phenoxy) is 2. The van der Waals surface area contributed by atoms with Crippen LogP contribution in [0.3, 0.4) is 0 Å². The van der Waals surface area contributed by atoms with E-state index in [-0.39, 0.29) is 18.1 Å². The summed E-state index contributed by atoms with van der Waals surface area (Å²) in [5.41, 5.74) is 10.2. The van der Waals surface area contributed by atoms with Crippen molar-refractivity contribution in [3.63, 3.8) is 0 Å². The minimum absolute atomic E-state index is 0.0427. The van der Waals surface area contributed by atoms with Crippen LogP contribution in [0.4, 0.5) is 16.2 Å². The maximum Gasteiger partial charge on any atom is 0.414 e. The van der Waals surface area contributed by atoms with Crippen LogP contribution in [-0.4, -0.2) is 50.0 Å². The highest BCUT2D eigenvalue weighted by molar-refractivity contribution is 8.00. The molecular formula is C28H28N4O5S. The van der Waals surface area contributed by atoms with Crippen LogP contribution in [0.2, 0.25) is 0 Å². The first-order chi connectivity index (χ1) is 18.4. The van der Waals surface area contributed by atoms with E-state index < -0.39 is 5.91 Å². The van der Waals surface area contributed by atoms with Crippen LogP contribution in [0.1, 0.15) is 22.3 Å². The molecule has 0 aromatic heterocycles. The van der Waals surface area contributed by atoms with Crippen molar-refractivity contribution in [1.82, 2.24) is 5.32 Å². The molecule has 3 amide bonds. The Morgan fingerprint density at radius 1 is 1.16 bits per heavy atom. The molecule has 1 saturated heterocycles. The third-order valence-electron chi connectivity index (χ3n) is 6.48. The molecule has 10 heteroatoms. The van der Waals surface area contributed by atoms with Gasteiger partial charge in [0.2, 0.25) is 5.91 Å². The molecule has 0 aliphatic carbocycles. The molecule has 3 aromatic carbocycles. The highest BCUT2D eigenvalue weighted by Gasteiger charge is 2.32. The molecule has 2 aliphatic rings. The number of hydrogen-bond acceptors (Lipinski definition) is 7. The lowest BCUT2D eigenvalue weighted by molar-refractivity contribution is -0.113. The van der Waals surface area contributed by atoms with Crippen LogP contribution < -0.4 is 26.0 Å². The zero-order chi connectivity index (χ0) is 26.6. The van der Waals surface area contributed by atoms with Crippen LogP contribution >= 0.6 is 11.8 Å². The average molecular weight is 533 g/mol. The molecule has 196 valence electrons. The van der Waals surface area contributed by atoms with Crippen molar-refractivity contribution >= 4 is 41.0 Å². The summed E-state index contributed by atoms with van der Waals surface area (Å²) in [4.78, 5) is 38.4. The maximum atomic E-state index is 12.5. The first kappa shape index (κ1) is 25.6. The predicted octanol–water partition coefficient (Wildman–Crippen LogP) is 4.01. The summed E-state index contributed by atoms with van der Waals surface area (Å²) in [5, 5.41) is 6.28. The minimum Gasteiger partial charge on any atom is -0.496 e. The highest BCUT2D eigenvalue weighted by atomic mass is 32.2. The van der Waals surface area contributed by atoms with Crippen LogP contribution in [0.5, 0.6) is 5.75 Å². The molecule has 1 fully saturated rings. The molecule has 0 unspecified atom stereocenters. The number of carbonyl (C=O) groups excluding carboxylic acids is 3. The lowest BCUT2D eigenvalue weighted by Gasteiger charge is -2.20.